The van der Waals surface area contributed by atoms with Crippen LogP contribution in [0.5, 0.6) is 0 Å². The second kappa shape index (κ2) is 6.33. The van der Waals surface area contributed by atoms with Crippen molar-refractivity contribution >= 4 is 31.7 Å². The van der Waals surface area contributed by atoms with Gasteiger partial charge in [0.2, 0.25) is 0 Å². The number of hydrogen-bond donors (Lipinski definition) is 0. The van der Waals surface area contributed by atoms with Crippen molar-refractivity contribution in [2.24, 2.45) is 0 Å². The molecule has 0 saturated heterocycles. The Bertz CT molecular complexity index is 537. The van der Waals surface area contributed by atoms with Crippen molar-refractivity contribution in [3.8, 4) is 0 Å². The van der Waals surface area contributed by atoms with E-state index in [1.165, 1.54) is 6.07 Å². The van der Waals surface area contributed by atoms with Gasteiger partial charge >= 0.3 is 5.97 Å². The minimum absolute atomic E-state index is 0.120. The first kappa shape index (κ1) is 15.2. The number of sulfone groups is 1. The van der Waals surface area contributed by atoms with Crippen LogP contribution >= 0.6 is 15.9 Å². The average molecular weight is 335 g/mol. The summed E-state index contributed by atoms with van der Waals surface area (Å²) in [6.07, 6.45) is -0.120. The summed E-state index contributed by atoms with van der Waals surface area (Å²) in [4.78, 5) is 11.4. The molecular weight excluding hydrogens is 320 g/mol. The summed E-state index contributed by atoms with van der Waals surface area (Å²) in [5.74, 6) is -0.720. The topological polar surface area (TPSA) is 60.4 Å². The number of benzene rings is 1. The third kappa shape index (κ3) is 4.10. The lowest BCUT2D eigenvalue weighted by molar-refractivity contribution is -0.142. The summed E-state index contributed by atoms with van der Waals surface area (Å²) in [7, 11) is -3.43. The zero-order chi connectivity index (χ0) is 13.8. The van der Waals surface area contributed by atoms with Gasteiger partial charge in [-0.1, -0.05) is 15.9 Å². The van der Waals surface area contributed by atoms with Gasteiger partial charge in [-0.25, -0.2) is 8.42 Å². The normalized spacial score (nSPS) is 11.3. The van der Waals surface area contributed by atoms with Gasteiger partial charge in [0.15, 0.2) is 9.84 Å². The van der Waals surface area contributed by atoms with Gasteiger partial charge in [-0.05, 0) is 37.6 Å². The highest BCUT2D eigenvalue weighted by atomic mass is 79.9. The van der Waals surface area contributed by atoms with Crippen molar-refractivity contribution in [1.29, 1.82) is 0 Å². The number of halogens is 1. The van der Waals surface area contributed by atoms with Crippen molar-refractivity contribution in [3.63, 3.8) is 0 Å². The third-order valence-corrected chi connectivity index (χ3v) is 4.97. The van der Waals surface area contributed by atoms with Crippen molar-refractivity contribution < 1.29 is 17.9 Å². The Morgan fingerprint density at radius 1 is 1.39 bits per heavy atom. The van der Waals surface area contributed by atoms with Crippen molar-refractivity contribution in [2.45, 2.75) is 25.2 Å². The lowest BCUT2D eigenvalue weighted by Crippen LogP contribution is -2.13. The summed E-state index contributed by atoms with van der Waals surface area (Å²) in [5.41, 5.74) is 0.840. The SMILES string of the molecule is CCOC(=O)CCS(=O)(=O)c1ccc(Br)c(C)c1. The minimum atomic E-state index is -3.43. The minimum Gasteiger partial charge on any atom is -0.466 e. The summed E-state index contributed by atoms with van der Waals surface area (Å²) in [5, 5.41) is 0. The number of carbonyl (C=O) groups excluding carboxylic acids is 1. The van der Waals surface area contributed by atoms with E-state index in [4.69, 9.17) is 4.74 Å². The fourth-order valence-corrected chi connectivity index (χ4v) is 2.93. The van der Waals surface area contributed by atoms with E-state index in [2.05, 4.69) is 15.9 Å². The summed E-state index contributed by atoms with van der Waals surface area (Å²) in [6, 6.07) is 4.80. The highest BCUT2D eigenvalue weighted by molar-refractivity contribution is 9.10. The van der Waals surface area contributed by atoms with Crippen LogP contribution < -0.4 is 0 Å². The first-order chi connectivity index (χ1) is 8.36. The average Bonchev–Trinajstić information content (AvgIpc) is 2.30. The Kier molecular flexibility index (Phi) is 5.34. The molecule has 6 heteroatoms. The van der Waals surface area contributed by atoms with Crippen LogP contribution in [0.15, 0.2) is 27.6 Å². The van der Waals surface area contributed by atoms with Crippen molar-refractivity contribution in [3.05, 3.63) is 28.2 Å². The molecule has 0 atom stereocenters. The van der Waals surface area contributed by atoms with Crippen LogP contribution in [0.2, 0.25) is 0 Å². The molecule has 18 heavy (non-hydrogen) atoms. The van der Waals surface area contributed by atoms with E-state index in [1.54, 1.807) is 19.1 Å². The van der Waals surface area contributed by atoms with E-state index in [-0.39, 0.29) is 23.7 Å². The van der Waals surface area contributed by atoms with Gasteiger partial charge in [0, 0.05) is 4.47 Å². The first-order valence-electron chi connectivity index (χ1n) is 5.51. The molecule has 0 unspecified atom stereocenters. The Hall–Kier alpha value is -0.880. The van der Waals surface area contributed by atoms with Crippen LogP contribution in [-0.2, 0) is 19.4 Å². The Morgan fingerprint density at radius 2 is 2.06 bits per heavy atom. The maximum atomic E-state index is 12.0. The molecule has 1 aromatic carbocycles. The quantitative estimate of drug-likeness (QED) is 0.776. The fraction of sp³-hybridized carbons (Fsp3) is 0.417. The highest BCUT2D eigenvalue weighted by Crippen LogP contribution is 2.21. The molecule has 100 valence electrons. The Balaban J connectivity index is 2.80. The number of rotatable bonds is 5. The zero-order valence-electron chi connectivity index (χ0n) is 10.3. The monoisotopic (exact) mass is 334 g/mol. The summed E-state index contributed by atoms with van der Waals surface area (Å²) < 4.78 is 29.5. The van der Waals surface area contributed by atoms with Crippen LogP contribution in [0.1, 0.15) is 18.9 Å². The molecule has 0 heterocycles. The van der Waals surface area contributed by atoms with E-state index in [0.29, 0.717) is 0 Å². The van der Waals surface area contributed by atoms with Crippen molar-refractivity contribution in [2.75, 3.05) is 12.4 Å². The van der Waals surface area contributed by atoms with Crippen LogP contribution in [0, 0.1) is 6.92 Å². The number of hydrogen-bond acceptors (Lipinski definition) is 4. The fourth-order valence-electron chi connectivity index (χ4n) is 1.38. The van der Waals surface area contributed by atoms with E-state index in [9.17, 15) is 13.2 Å². The maximum Gasteiger partial charge on any atom is 0.306 e. The van der Waals surface area contributed by atoms with Crippen LogP contribution in [-0.4, -0.2) is 26.7 Å². The highest BCUT2D eigenvalue weighted by Gasteiger charge is 2.17. The second-order valence-electron chi connectivity index (χ2n) is 3.78. The van der Waals surface area contributed by atoms with Gasteiger partial charge in [-0.2, -0.15) is 0 Å². The number of esters is 1. The molecule has 0 fully saturated rings. The van der Waals surface area contributed by atoms with Crippen LogP contribution in [0.3, 0.4) is 0 Å². The molecule has 0 amide bonds. The van der Waals surface area contributed by atoms with Crippen LogP contribution in [0.4, 0.5) is 0 Å². The predicted octanol–water partition coefficient (Wildman–Crippen LogP) is 2.48. The van der Waals surface area contributed by atoms with Crippen molar-refractivity contribution in [1.82, 2.24) is 0 Å². The molecule has 0 N–H and O–H groups in total. The molecule has 0 saturated carbocycles. The molecule has 0 spiro atoms. The van der Waals surface area contributed by atoms with E-state index in [1.807, 2.05) is 6.92 Å². The number of carbonyl (C=O) groups is 1. The molecule has 0 aromatic heterocycles. The lowest BCUT2D eigenvalue weighted by Gasteiger charge is -2.06. The van der Waals surface area contributed by atoms with Gasteiger partial charge < -0.3 is 4.74 Å². The molecule has 4 nitrogen and oxygen atoms in total. The van der Waals surface area contributed by atoms with Gasteiger partial charge in [-0.15, -0.1) is 0 Å². The first-order valence-corrected chi connectivity index (χ1v) is 7.96. The third-order valence-electron chi connectivity index (χ3n) is 2.37. The molecular formula is C12H15BrO4S. The van der Waals surface area contributed by atoms with Gasteiger partial charge in [0.25, 0.3) is 0 Å². The van der Waals surface area contributed by atoms with E-state index >= 15 is 0 Å². The molecule has 1 aromatic rings. The molecule has 0 aliphatic carbocycles. The molecule has 1 rings (SSSR count). The maximum absolute atomic E-state index is 12.0. The Morgan fingerprint density at radius 3 is 2.61 bits per heavy atom. The Labute approximate surface area is 115 Å². The van der Waals surface area contributed by atoms with Gasteiger partial charge in [-0.3, -0.25) is 4.79 Å². The standard InChI is InChI=1S/C12H15BrO4S/c1-3-17-12(14)6-7-18(15,16)10-4-5-11(13)9(2)8-10/h4-5,8H,3,6-7H2,1-2H3. The largest absolute Gasteiger partial charge is 0.466 e. The van der Waals surface area contributed by atoms with Gasteiger partial charge in [0.05, 0.1) is 23.7 Å². The lowest BCUT2D eigenvalue weighted by atomic mass is 10.2. The number of ether oxygens (including phenoxy) is 1. The molecule has 0 radical (unpaired) electrons. The second-order valence-corrected chi connectivity index (χ2v) is 6.75. The zero-order valence-corrected chi connectivity index (χ0v) is 12.7. The summed E-state index contributed by atoms with van der Waals surface area (Å²) >= 11 is 3.31. The number of aryl methyl sites for hydroxylation is 1. The van der Waals surface area contributed by atoms with E-state index in [0.717, 1.165) is 10.0 Å². The smallest absolute Gasteiger partial charge is 0.306 e. The van der Waals surface area contributed by atoms with E-state index < -0.39 is 15.8 Å². The molecule has 0 aliphatic heterocycles. The molecule has 0 aliphatic rings. The van der Waals surface area contributed by atoms with Gasteiger partial charge in [0.1, 0.15) is 0 Å². The summed E-state index contributed by atoms with van der Waals surface area (Å²) in [6.45, 7) is 3.76. The predicted molar refractivity (Wildman–Crippen MR) is 72.2 cm³/mol. The molecule has 0 bridgehead atoms. The van der Waals surface area contributed by atoms with Crippen LogP contribution in [0.25, 0.3) is 0 Å².